The van der Waals surface area contributed by atoms with E-state index in [-0.39, 0.29) is 12.5 Å². The molecule has 0 aliphatic heterocycles. The number of nitrogens with zero attached hydrogens (tertiary/aromatic N) is 1. The second-order valence-corrected chi connectivity index (χ2v) is 4.94. The molecule has 1 aromatic carbocycles. The lowest BCUT2D eigenvalue weighted by molar-refractivity contribution is -0.143. The lowest BCUT2D eigenvalue weighted by Crippen LogP contribution is -2.44. The Labute approximate surface area is 109 Å². The van der Waals surface area contributed by atoms with E-state index in [1.54, 1.807) is 0 Å². The van der Waals surface area contributed by atoms with Crippen molar-refractivity contribution in [1.29, 1.82) is 0 Å². The van der Waals surface area contributed by atoms with E-state index >= 15 is 0 Å². The molecule has 0 unspecified atom stereocenters. The van der Waals surface area contributed by atoms with Gasteiger partial charge in [0.25, 0.3) is 0 Å². The predicted molar refractivity (Wildman–Crippen MR) is 69.7 cm³/mol. The highest BCUT2D eigenvalue weighted by Crippen LogP contribution is 2.35. The highest BCUT2D eigenvalue weighted by Gasteiger charge is 2.51. The molecule has 0 spiro atoms. The van der Waals surface area contributed by atoms with Gasteiger partial charge in [0.15, 0.2) is 0 Å². The van der Waals surface area contributed by atoms with E-state index in [2.05, 4.69) is 5.32 Å². The summed E-state index contributed by atoms with van der Waals surface area (Å²) in [7, 11) is 0. The molecule has 1 aromatic heterocycles. The molecule has 1 saturated carbocycles. The van der Waals surface area contributed by atoms with Crippen molar-refractivity contribution in [1.82, 2.24) is 9.88 Å². The van der Waals surface area contributed by atoms with Crippen LogP contribution in [0.1, 0.15) is 12.8 Å². The minimum Gasteiger partial charge on any atom is -0.480 e. The Hall–Kier alpha value is -2.30. The van der Waals surface area contributed by atoms with Gasteiger partial charge in [0.05, 0.1) is 0 Å². The fourth-order valence-electron chi connectivity index (χ4n) is 2.26. The van der Waals surface area contributed by atoms with Crippen LogP contribution in [0.3, 0.4) is 0 Å². The van der Waals surface area contributed by atoms with Crippen molar-refractivity contribution in [2.24, 2.45) is 0 Å². The fraction of sp³-hybridized carbons (Fsp3) is 0.286. The van der Waals surface area contributed by atoms with Crippen LogP contribution in [0.4, 0.5) is 0 Å². The van der Waals surface area contributed by atoms with Crippen LogP contribution < -0.4 is 5.32 Å². The van der Waals surface area contributed by atoms with Crippen LogP contribution in [-0.2, 0) is 16.1 Å². The lowest BCUT2D eigenvalue weighted by atomic mass is 10.2. The van der Waals surface area contributed by atoms with Gasteiger partial charge in [-0.05, 0) is 30.4 Å². The van der Waals surface area contributed by atoms with Crippen molar-refractivity contribution in [2.75, 3.05) is 0 Å². The van der Waals surface area contributed by atoms with E-state index in [0.29, 0.717) is 12.8 Å². The number of hydrogen-bond acceptors (Lipinski definition) is 2. The van der Waals surface area contributed by atoms with E-state index in [0.717, 1.165) is 10.9 Å². The Morgan fingerprint density at radius 3 is 2.68 bits per heavy atom. The van der Waals surface area contributed by atoms with Gasteiger partial charge in [0.1, 0.15) is 12.1 Å². The molecule has 19 heavy (non-hydrogen) atoms. The van der Waals surface area contributed by atoms with Crippen molar-refractivity contribution in [2.45, 2.75) is 24.9 Å². The van der Waals surface area contributed by atoms with Gasteiger partial charge < -0.3 is 15.0 Å². The quantitative estimate of drug-likeness (QED) is 0.870. The fourth-order valence-corrected chi connectivity index (χ4v) is 2.26. The van der Waals surface area contributed by atoms with Gasteiger partial charge in [0.2, 0.25) is 5.91 Å². The third-order valence-corrected chi connectivity index (χ3v) is 3.53. The highest BCUT2D eigenvalue weighted by atomic mass is 16.4. The number of para-hydroxylation sites is 1. The normalized spacial score (nSPS) is 16.2. The Bertz CT molecular complexity index is 656. The van der Waals surface area contributed by atoms with Gasteiger partial charge in [-0.2, -0.15) is 0 Å². The molecule has 1 heterocycles. The number of aliphatic carboxylic acids is 1. The number of carboxylic acid groups (broad SMARTS) is 1. The number of hydrogen-bond donors (Lipinski definition) is 2. The second-order valence-electron chi connectivity index (χ2n) is 4.94. The standard InChI is InChI=1S/C14H14N2O3/c17-12(15-14(6-7-14)13(18)19)9-16-8-5-10-3-1-2-4-11(10)16/h1-5,8H,6-7,9H2,(H,15,17)(H,18,19). The molecule has 5 heteroatoms. The molecule has 3 rings (SSSR count). The molecular weight excluding hydrogens is 244 g/mol. The van der Waals surface area contributed by atoms with E-state index in [4.69, 9.17) is 5.11 Å². The van der Waals surface area contributed by atoms with Crippen molar-refractivity contribution >= 4 is 22.8 Å². The molecule has 2 aromatic rings. The maximum Gasteiger partial charge on any atom is 0.329 e. The summed E-state index contributed by atoms with van der Waals surface area (Å²) in [5.41, 5.74) is -0.0436. The number of aromatic nitrogens is 1. The van der Waals surface area contributed by atoms with Gasteiger partial charge in [0, 0.05) is 11.7 Å². The highest BCUT2D eigenvalue weighted by molar-refractivity contribution is 5.90. The maximum atomic E-state index is 11.9. The average molecular weight is 258 g/mol. The van der Waals surface area contributed by atoms with E-state index in [1.165, 1.54) is 0 Å². The van der Waals surface area contributed by atoms with Crippen LogP contribution in [0.25, 0.3) is 10.9 Å². The molecule has 2 N–H and O–H groups in total. The molecule has 0 radical (unpaired) electrons. The van der Waals surface area contributed by atoms with Gasteiger partial charge in [-0.1, -0.05) is 18.2 Å². The Balaban J connectivity index is 1.75. The van der Waals surface area contributed by atoms with Crippen LogP contribution in [0.5, 0.6) is 0 Å². The third kappa shape index (κ3) is 2.07. The van der Waals surface area contributed by atoms with E-state index in [9.17, 15) is 9.59 Å². The number of fused-ring (bicyclic) bond motifs is 1. The Morgan fingerprint density at radius 2 is 2.00 bits per heavy atom. The zero-order chi connectivity index (χ0) is 13.5. The van der Waals surface area contributed by atoms with Crippen LogP contribution in [0.2, 0.25) is 0 Å². The first kappa shape index (κ1) is 11.8. The van der Waals surface area contributed by atoms with Crippen LogP contribution in [-0.4, -0.2) is 27.1 Å². The first-order chi connectivity index (χ1) is 9.11. The minimum absolute atomic E-state index is 0.141. The molecule has 98 valence electrons. The van der Waals surface area contributed by atoms with Gasteiger partial charge >= 0.3 is 5.97 Å². The minimum atomic E-state index is -1.01. The van der Waals surface area contributed by atoms with Crippen LogP contribution in [0, 0.1) is 0 Å². The number of benzene rings is 1. The van der Waals surface area contributed by atoms with Gasteiger partial charge in [-0.3, -0.25) is 4.79 Å². The molecule has 1 amide bonds. The van der Waals surface area contributed by atoms with Crippen molar-refractivity contribution < 1.29 is 14.7 Å². The van der Waals surface area contributed by atoms with E-state index < -0.39 is 11.5 Å². The topological polar surface area (TPSA) is 71.3 Å². The Morgan fingerprint density at radius 1 is 1.26 bits per heavy atom. The van der Waals surface area contributed by atoms with Crippen molar-refractivity contribution in [3.05, 3.63) is 36.5 Å². The molecule has 1 fully saturated rings. The molecule has 0 bridgehead atoms. The smallest absolute Gasteiger partial charge is 0.329 e. The number of carbonyl (C=O) groups excluding carboxylic acids is 1. The average Bonchev–Trinajstić information content (AvgIpc) is 3.06. The van der Waals surface area contributed by atoms with E-state index in [1.807, 2.05) is 41.1 Å². The number of nitrogens with one attached hydrogen (secondary N) is 1. The number of carbonyl (C=O) groups is 2. The molecule has 0 atom stereocenters. The number of carboxylic acids is 1. The summed E-state index contributed by atoms with van der Waals surface area (Å²) in [5, 5.41) is 12.7. The molecule has 1 aliphatic carbocycles. The summed E-state index contributed by atoms with van der Waals surface area (Å²) < 4.78 is 1.82. The second kappa shape index (κ2) is 4.12. The number of rotatable bonds is 4. The third-order valence-electron chi connectivity index (χ3n) is 3.53. The predicted octanol–water partition coefficient (Wildman–Crippen LogP) is 1.37. The monoisotopic (exact) mass is 258 g/mol. The van der Waals surface area contributed by atoms with Crippen LogP contribution in [0.15, 0.2) is 36.5 Å². The maximum absolute atomic E-state index is 11.9. The summed E-state index contributed by atoms with van der Waals surface area (Å²) in [6.45, 7) is 0.141. The van der Waals surface area contributed by atoms with Gasteiger partial charge in [-0.15, -0.1) is 0 Å². The summed E-state index contributed by atoms with van der Waals surface area (Å²) in [6.07, 6.45) is 2.87. The van der Waals surface area contributed by atoms with Crippen molar-refractivity contribution in [3.63, 3.8) is 0 Å². The summed E-state index contributed by atoms with van der Waals surface area (Å²) >= 11 is 0. The lowest BCUT2D eigenvalue weighted by Gasteiger charge is -2.13. The zero-order valence-electron chi connectivity index (χ0n) is 10.3. The molecule has 0 saturated heterocycles. The molecular formula is C14H14N2O3. The first-order valence-corrected chi connectivity index (χ1v) is 6.19. The summed E-state index contributed by atoms with van der Waals surface area (Å²) in [5.74, 6) is -1.21. The van der Waals surface area contributed by atoms with Gasteiger partial charge in [-0.25, -0.2) is 4.79 Å². The summed E-state index contributed by atoms with van der Waals surface area (Å²) in [4.78, 5) is 22.9. The van der Waals surface area contributed by atoms with Crippen LogP contribution >= 0.6 is 0 Å². The largest absolute Gasteiger partial charge is 0.480 e. The zero-order valence-corrected chi connectivity index (χ0v) is 10.3. The molecule has 1 aliphatic rings. The summed E-state index contributed by atoms with van der Waals surface area (Å²) in [6, 6.07) is 9.70. The Kier molecular flexibility index (Phi) is 2.55. The van der Waals surface area contributed by atoms with Crippen molar-refractivity contribution in [3.8, 4) is 0 Å². The first-order valence-electron chi connectivity index (χ1n) is 6.19. The molecule has 5 nitrogen and oxygen atoms in total. The number of amides is 1. The SMILES string of the molecule is O=C(Cn1ccc2ccccc21)NC1(C(=O)O)CC1.